The Hall–Kier alpha value is -3.62. The standard InChI is InChI=1S/C18H20N4O5/c1-27-14-6-4-5-13(11-14)18(24)21-12-17(23)20-10-9-19-15-7-2-3-8-16(15)22(25)26/h2-8,11,19H,9-10,12H2,1H3,(H,20,23)(H,21,24). The van der Waals surface area contributed by atoms with Crippen LogP contribution in [-0.4, -0.2) is 43.5 Å². The summed E-state index contributed by atoms with van der Waals surface area (Å²) in [5, 5.41) is 18.9. The molecule has 0 saturated carbocycles. The van der Waals surface area contributed by atoms with Crippen molar-refractivity contribution in [1.29, 1.82) is 0 Å². The fraction of sp³-hybridized carbons (Fsp3) is 0.222. The molecule has 142 valence electrons. The van der Waals surface area contributed by atoms with Crippen LogP contribution in [0.25, 0.3) is 0 Å². The number of anilines is 1. The molecule has 0 bridgehead atoms. The van der Waals surface area contributed by atoms with Crippen LogP contribution in [0.2, 0.25) is 0 Å². The molecule has 0 spiro atoms. The largest absolute Gasteiger partial charge is 0.497 e. The van der Waals surface area contributed by atoms with Crippen LogP contribution in [0, 0.1) is 10.1 Å². The molecule has 2 aromatic rings. The Labute approximate surface area is 155 Å². The molecule has 9 nitrogen and oxygen atoms in total. The highest BCUT2D eigenvalue weighted by atomic mass is 16.6. The second-order valence-electron chi connectivity index (χ2n) is 5.47. The molecule has 0 atom stereocenters. The summed E-state index contributed by atoms with van der Waals surface area (Å²) in [7, 11) is 1.50. The summed E-state index contributed by atoms with van der Waals surface area (Å²) in [4.78, 5) is 34.3. The molecule has 0 radical (unpaired) electrons. The summed E-state index contributed by atoms with van der Waals surface area (Å²) >= 11 is 0. The normalized spacial score (nSPS) is 9.96. The minimum Gasteiger partial charge on any atom is -0.497 e. The molecule has 0 fully saturated rings. The van der Waals surface area contributed by atoms with Crippen LogP contribution < -0.4 is 20.7 Å². The van der Waals surface area contributed by atoms with E-state index in [1.165, 1.54) is 13.2 Å². The molecule has 2 aromatic carbocycles. The number of carbonyl (C=O) groups is 2. The number of methoxy groups -OCH3 is 1. The molecule has 3 N–H and O–H groups in total. The molecule has 2 amide bonds. The van der Waals surface area contributed by atoms with Gasteiger partial charge in [-0.2, -0.15) is 0 Å². The van der Waals surface area contributed by atoms with Gasteiger partial charge in [0.2, 0.25) is 5.91 Å². The number of nitro benzene ring substituents is 1. The van der Waals surface area contributed by atoms with E-state index in [2.05, 4.69) is 16.0 Å². The zero-order valence-electron chi connectivity index (χ0n) is 14.7. The first-order chi connectivity index (χ1) is 13.0. The number of hydrogen-bond acceptors (Lipinski definition) is 6. The first kappa shape index (κ1) is 19.7. The first-order valence-corrected chi connectivity index (χ1v) is 8.17. The van der Waals surface area contributed by atoms with E-state index in [1.807, 2.05) is 0 Å². The number of amides is 2. The monoisotopic (exact) mass is 372 g/mol. The Balaban J connectivity index is 1.72. The molecule has 0 aliphatic heterocycles. The van der Waals surface area contributed by atoms with Crippen molar-refractivity contribution in [2.75, 3.05) is 32.1 Å². The Kier molecular flexibility index (Phi) is 7.12. The lowest BCUT2D eigenvalue weighted by Gasteiger charge is -2.09. The van der Waals surface area contributed by atoms with E-state index in [4.69, 9.17) is 4.74 Å². The van der Waals surface area contributed by atoms with Gasteiger partial charge in [-0.3, -0.25) is 19.7 Å². The van der Waals surface area contributed by atoms with Gasteiger partial charge in [0.15, 0.2) is 0 Å². The lowest BCUT2D eigenvalue weighted by Crippen LogP contribution is -2.38. The van der Waals surface area contributed by atoms with Crippen LogP contribution in [0.4, 0.5) is 11.4 Å². The van der Waals surface area contributed by atoms with Gasteiger partial charge in [-0.15, -0.1) is 0 Å². The number of benzene rings is 2. The molecule has 0 aliphatic carbocycles. The molecule has 0 aromatic heterocycles. The van der Waals surface area contributed by atoms with Crippen LogP contribution in [0.5, 0.6) is 5.75 Å². The molecular formula is C18H20N4O5. The van der Waals surface area contributed by atoms with Crippen molar-refractivity contribution in [3.63, 3.8) is 0 Å². The number of hydrogen-bond donors (Lipinski definition) is 3. The summed E-state index contributed by atoms with van der Waals surface area (Å²) in [6, 6.07) is 12.8. The lowest BCUT2D eigenvalue weighted by molar-refractivity contribution is -0.384. The van der Waals surface area contributed by atoms with Crippen molar-refractivity contribution in [3.8, 4) is 5.75 Å². The van der Waals surface area contributed by atoms with Gasteiger partial charge in [0, 0.05) is 24.7 Å². The predicted molar refractivity (Wildman–Crippen MR) is 99.9 cm³/mol. The molecule has 9 heteroatoms. The molecule has 0 aliphatic rings. The second kappa shape index (κ2) is 9.76. The lowest BCUT2D eigenvalue weighted by atomic mass is 10.2. The van der Waals surface area contributed by atoms with Crippen LogP contribution >= 0.6 is 0 Å². The summed E-state index contributed by atoms with van der Waals surface area (Å²) in [5.74, 6) is -0.203. The molecule has 0 saturated heterocycles. The quantitative estimate of drug-likeness (QED) is 0.349. The van der Waals surface area contributed by atoms with Crippen molar-refractivity contribution in [2.24, 2.45) is 0 Å². The molecule has 2 rings (SSSR count). The van der Waals surface area contributed by atoms with E-state index in [-0.39, 0.29) is 30.6 Å². The third-order valence-corrected chi connectivity index (χ3v) is 3.60. The highest BCUT2D eigenvalue weighted by Gasteiger charge is 2.12. The topological polar surface area (TPSA) is 123 Å². The van der Waals surface area contributed by atoms with Crippen LogP contribution in [0.1, 0.15) is 10.4 Å². The van der Waals surface area contributed by atoms with Crippen molar-refractivity contribution >= 4 is 23.2 Å². The number of nitrogens with zero attached hydrogens (tertiary/aromatic N) is 1. The van der Waals surface area contributed by atoms with Gasteiger partial charge in [-0.05, 0) is 24.3 Å². The van der Waals surface area contributed by atoms with Gasteiger partial charge in [0.05, 0.1) is 18.6 Å². The number of nitrogens with one attached hydrogen (secondary N) is 3. The fourth-order valence-corrected chi connectivity index (χ4v) is 2.27. The van der Waals surface area contributed by atoms with Gasteiger partial charge in [-0.1, -0.05) is 18.2 Å². The van der Waals surface area contributed by atoms with Gasteiger partial charge < -0.3 is 20.7 Å². The van der Waals surface area contributed by atoms with E-state index in [9.17, 15) is 19.7 Å². The highest BCUT2D eigenvalue weighted by molar-refractivity contribution is 5.96. The Morgan fingerprint density at radius 3 is 2.59 bits per heavy atom. The summed E-state index contributed by atoms with van der Waals surface area (Å²) in [5.41, 5.74) is 0.734. The predicted octanol–water partition coefficient (Wildman–Crippen LogP) is 1.56. The van der Waals surface area contributed by atoms with Crippen LogP contribution in [0.3, 0.4) is 0 Å². The number of rotatable bonds is 9. The van der Waals surface area contributed by atoms with E-state index < -0.39 is 4.92 Å². The van der Waals surface area contributed by atoms with Crippen molar-refractivity contribution in [1.82, 2.24) is 10.6 Å². The van der Waals surface area contributed by atoms with E-state index in [0.29, 0.717) is 23.5 Å². The Morgan fingerprint density at radius 1 is 1.07 bits per heavy atom. The SMILES string of the molecule is COc1cccc(C(=O)NCC(=O)NCCNc2ccccc2[N+](=O)[O-])c1. The van der Waals surface area contributed by atoms with Gasteiger partial charge in [-0.25, -0.2) is 0 Å². The van der Waals surface area contributed by atoms with Gasteiger partial charge in [0.25, 0.3) is 11.6 Å². The minimum atomic E-state index is -0.477. The van der Waals surface area contributed by atoms with Crippen molar-refractivity contribution in [3.05, 3.63) is 64.2 Å². The number of nitro groups is 1. The molecule has 0 unspecified atom stereocenters. The zero-order valence-corrected chi connectivity index (χ0v) is 14.7. The number of carbonyl (C=O) groups excluding carboxylic acids is 2. The van der Waals surface area contributed by atoms with Gasteiger partial charge >= 0.3 is 0 Å². The fourth-order valence-electron chi connectivity index (χ4n) is 2.27. The van der Waals surface area contributed by atoms with Gasteiger partial charge in [0.1, 0.15) is 11.4 Å². The highest BCUT2D eigenvalue weighted by Crippen LogP contribution is 2.22. The maximum atomic E-state index is 12.0. The minimum absolute atomic E-state index is 0.0330. The third kappa shape index (κ3) is 5.99. The average Bonchev–Trinajstić information content (AvgIpc) is 2.69. The maximum Gasteiger partial charge on any atom is 0.292 e. The van der Waals surface area contributed by atoms with Crippen LogP contribution in [0.15, 0.2) is 48.5 Å². The number of para-hydroxylation sites is 2. The summed E-state index contributed by atoms with van der Waals surface area (Å²) < 4.78 is 5.05. The molecule has 27 heavy (non-hydrogen) atoms. The molecular weight excluding hydrogens is 352 g/mol. The smallest absolute Gasteiger partial charge is 0.292 e. The maximum absolute atomic E-state index is 12.0. The van der Waals surface area contributed by atoms with Crippen molar-refractivity contribution < 1.29 is 19.2 Å². The first-order valence-electron chi connectivity index (χ1n) is 8.17. The van der Waals surface area contributed by atoms with E-state index >= 15 is 0 Å². The Bertz CT molecular complexity index is 825. The van der Waals surface area contributed by atoms with E-state index in [1.54, 1.807) is 42.5 Å². The zero-order chi connectivity index (χ0) is 19.6. The Morgan fingerprint density at radius 2 is 1.85 bits per heavy atom. The van der Waals surface area contributed by atoms with Crippen LogP contribution in [-0.2, 0) is 4.79 Å². The summed E-state index contributed by atoms with van der Waals surface area (Å²) in [6.45, 7) is 0.377. The van der Waals surface area contributed by atoms with E-state index in [0.717, 1.165) is 0 Å². The average molecular weight is 372 g/mol. The second-order valence-corrected chi connectivity index (χ2v) is 5.47. The summed E-state index contributed by atoms with van der Waals surface area (Å²) in [6.07, 6.45) is 0. The molecule has 0 heterocycles. The third-order valence-electron chi connectivity index (χ3n) is 3.60. The number of ether oxygens (including phenoxy) is 1. The van der Waals surface area contributed by atoms with Crippen molar-refractivity contribution in [2.45, 2.75) is 0 Å².